The molecule has 1 aliphatic heterocycles. The van der Waals surface area contributed by atoms with E-state index in [-0.39, 0.29) is 5.91 Å². The molecule has 1 aromatic carbocycles. The van der Waals surface area contributed by atoms with Crippen LogP contribution < -0.4 is 5.32 Å². The normalized spacial score (nSPS) is 15.8. The Bertz CT molecular complexity index is 728. The lowest BCUT2D eigenvalue weighted by Gasteiger charge is -2.31. The van der Waals surface area contributed by atoms with Crippen LogP contribution >= 0.6 is 0 Å². The third kappa shape index (κ3) is 4.65. The Kier molecular flexibility index (Phi) is 6.30. The van der Waals surface area contributed by atoms with Crippen LogP contribution in [-0.2, 0) is 4.74 Å². The van der Waals surface area contributed by atoms with Crippen LogP contribution in [0.2, 0.25) is 0 Å². The third-order valence-electron chi connectivity index (χ3n) is 4.84. The highest BCUT2D eigenvalue weighted by atomic mass is 16.5. The quantitative estimate of drug-likeness (QED) is 0.864. The van der Waals surface area contributed by atoms with Crippen molar-refractivity contribution in [2.75, 3.05) is 38.7 Å². The smallest absolute Gasteiger partial charge is 0.259 e. The Morgan fingerprint density at radius 2 is 2.00 bits per heavy atom. The second-order valence-corrected chi connectivity index (χ2v) is 6.66. The molecule has 3 rings (SSSR count). The molecule has 0 unspecified atom stereocenters. The number of hydrogen-bond acceptors (Lipinski definition) is 5. The number of para-hydroxylation sites is 1. The van der Waals surface area contributed by atoms with E-state index in [1.54, 1.807) is 13.3 Å². The molecule has 2 heterocycles. The second-order valence-electron chi connectivity index (χ2n) is 6.66. The summed E-state index contributed by atoms with van der Waals surface area (Å²) in [5.41, 5.74) is 2.02. The van der Waals surface area contributed by atoms with Crippen LogP contribution in [0.15, 0.2) is 36.5 Å². The largest absolute Gasteiger partial charge is 0.383 e. The Balaban J connectivity index is 1.62. The van der Waals surface area contributed by atoms with Gasteiger partial charge in [-0.3, -0.25) is 4.79 Å². The summed E-state index contributed by atoms with van der Waals surface area (Å²) in [6.45, 7) is 5.69. The molecule has 1 fully saturated rings. The minimum Gasteiger partial charge on any atom is -0.383 e. The van der Waals surface area contributed by atoms with Crippen molar-refractivity contribution in [2.24, 2.45) is 0 Å². The van der Waals surface area contributed by atoms with Gasteiger partial charge in [-0.25, -0.2) is 9.97 Å². The molecule has 6 nitrogen and oxygen atoms in total. The van der Waals surface area contributed by atoms with Gasteiger partial charge in [-0.15, -0.1) is 0 Å². The number of methoxy groups -OCH3 is 1. The first-order chi connectivity index (χ1) is 12.7. The average molecular weight is 354 g/mol. The molecule has 1 aromatic heterocycles. The molecule has 0 atom stereocenters. The summed E-state index contributed by atoms with van der Waals surface area (Å²) < 4.78 is 5.15. The fraction of sp³-hybridized carbons (Fsp3) is 0.450. The highest BCUT2D eigenvalue weighted by Crippen LogP contribution is 2.26. The number of carbonyl (C=O) groups excluding carboxylic acids is 1. The van der Waals surface area contributed by atoms with Crippen LogP contribution in [0.25, 0.3) is 0 Å². The highest BCUT2D eigenvalue weighted by Gasteiger charge is 2.23. The molecule has 2 aromatic rings. The summed E-state index contributed by atoms with van der Waals surface area (Å²) in [5, 5.41) is 2.89. The summed E-state index contributed by atoms with van der Waals surface area (Å²) in [6.07, 6.45) is 3.74. The van der Waals surface area contributed by atoms with E-state index in [1.165, 1.54) is 0 Å². The number of amides is 1. The van der Waals surface area contributed by atoms with E-state index in [2.05, 4.69) is 20.2 Å². The van der Waals surface area contributed by atoms with E-state index in [1.807, 2.05) is 37.3 Å². The van der Waals surface area contributed by atoms with Gasteiger partial charge in [0.1, 0.15) is 5.82 Å². The molecule has 0 aliphatic carbocycles. The van der Waals surface area contributed by atoms with Crippen LogP contribution in [0.5, 0.6) is 0 Å². The zero-order valence-electron chi connectivity index (χ0n) is 15.4. The summed E-state index contributed by atoms with van der Waals surface area (Å²) in [4.78, 5) is 24.0. The predicted molar refractivity (Wildman–Crippen MR) is 101 cm³/mol. The Morgan fingerprint density at radius 3 is 2.65 bits per heavy atom. The summed E-state index contributed by atoms with van der Waals surface area (Å²) in [5.74, 6) is 1.04. The van der Waals surface area contributed by atoms with Gasteiger partial charge in [-0.1, -0.05) is 18.2 Å². The van der Waals surface area contributed by atoms with Crippen molar-refractivity contribution in [3.8, 4) is 0 Å². The molecule has 1 aliphatic rings. The summed E-state index contributed by atoms with van der Waals surface area (Å²) in [7, 11) is 1.73. The average Bonchev–Trinajstić information content (AvgIpc) is 2.67. The van der Waals surface area contributed by atoms with Crippen molar-refractivity contribution >= 4 is 11.6 Å². The maximum absolute atomic E-state index is 12.5. The topological polar surface area (TPSA) is 67.3 Å². The van der Waals surface area contributed by atoms with Crippen molar-refractivity contribution in [3.63, 3.8) is 0 Å². The number of ether oxygens (including phenoxy) is 1. The Hall–Kier alpha value is -2.31. The zero-order chi connectivity index (χ0) is 18.4. The van der Waals surface area contributed by atoms with Crippen molar-refractivity contribution in [2.45, 2.75) is 25.7 Å². The number of carbonyl (C=O) groups is 1. The number of anilines is 1. The van der Waals surface area contributed by atoms with Crippen LogP contribution in [0.1, 0.15) is 40.6 Å². The van der Waals surface area contributed by atoms with Crippen molar-refractivity contribution in [1.29, 1.82) is 0 Å². The first kappa shape index (κ1) is 18.5. The van der Waals surface area contributed by atoms with Gasteiger partial charge in [0.05, 0.1) is 17.9 Å². The lowest BCUT2D eigenvalue weighted by Crippen LogP contribution is -2.35. The number of benzene rings is 1. The SMILES string of the molecule is COCCN1CCC(c2ncc(C(=O)Nc3ccccc3)c(C)n2)CC1. The minimum atomic E-state index is -0.172. The van der Waals surface area contributed by atoms with Gasteiger partial charge in [0.2, 0.25) is 0 Å². The number of aryl methyl sites for hydroxylation is 1. The van der Waals surface area contributed by atoms with Crippen LogP contribution in [-0.4, -0.2) is 54.1 Å². The first-order valence-corrected chi connectivity index (χ1v) is 9.08. The van der Waals surface area contributed by atoms with E-state index in [4.69, 9.17) is 4.74 Å². The fourth-order valence-electron chi connectivity index (χ4n) is 3.26. The van der Waals surface area contributed by atoms with Gasteiger partial charge < -0.3 is 15.0 Å². The van der Waals surface area contributed by atoms with Gasteiger partial charge in [-0.2, -0.15) is 0 Å². The molecule has 26 heavy (non-hydrogen) atoms. The number of nitrogens with one attached hydrogen (secondary N) is 1. The maximum Gasteiger partial charge on any atom is 0.259 e. The fourth-order valence-corrected chi connectivity index (χ4v) is 3.26. The molecule has 0 spiro atoms. The number of likely N-dealkylation sites (tertiary alicyclic amines) is 1. The first-order valence-electron chi connectivity index (χ1n) is 9.08. The predicted octanol–water partition coefficient (Wildman–Crippen LogP) is 2.86. The van der Waals surface area contributed by atoms with Crippen molar-refractivity contribution in [1.82, 2.24) is 14.9 Å². The number of rotatable bonds is 6. The Morgan fingerprint density at radius 1 is 1.27 bits per heavy atom. The summed E-state index contributed by atoms with van der Waals surface area (Å²) in [6, 6.07) is 9.42. The number of hydrogen-bond donors (Lipinski definition) is 1. The van der Waals surface area contributed by atoms with E-state index < -0.39 is 0 Å². The molecular weight excluding hydrogens is 328 g/mol. The monoisotopic (exact) mass is 354 g/mol. The Labute approximate surface area is 154 Å². The molecule has 1 N–H and O–H groups in total. The van der Waals surface area contributed by atoms with Crippen LogP contribution in [0.4, 0.5) is 5.69 Å². The lowest BCUT2D eigenvalue weighted by molar-refractivity contribution is 0.102. The molecular formula is C20H26N4O2. The summed E-state index contributed by atoms with van der Waals surface area (Å²) >= 11 is 0. The van der Waals surface area contributed by atoms with E-state index in [0.29, 0.717) is 11.5 Å². The molecule has 0 saturated carbocycles. The van der Waals surface area contributed by atoms with Crippen LogP contribution in [0.3, 0.4) is 0 Å². The molecule has 0 radical (unpaired) electrons. The minimum absolute atomic E-state index is 0.172. The number of nitrogens with zero attached hydrogens (tertiary/aromatic N) is 3. The van der Waals surface area contributed by atoms with Gasteiger partial charge in [0, 0.05) is 31.5 Å². The van der Waals surface area contributed by atoms with Gasteiger partial charge in [0.25, 0.3) is 5.91 Å². The van der Waals surface area contributed by atoms with Crippen molar-refractivity contribution in [3.05, 3.63) is 53.6 Å². The number of aromatic nitrogens is 2. The molecule has 1 saturated heterocycles. The van der Waals surface area contributed by atoms with E-state index >= 15 is 0 Å². The maximum atomic E-state index is 12.5. The van der Waals surface area contributed by atoms with Crippen LogP contribution in [0, 0.1) is 6.92 Å². The molecule has 0 bridgehead atoms. The van der Waals surface area contributed by atoms with Crippen molar-refractivity contribution < 1.29 is 9.53 Å². The lowest BCUT2D eigenvalue weighted by atomic mass is 9.95. The highest BCUT2D eigenvalue weighted by molar-refractivity contribution is 6.04. The molecule has 1 amide bonds. The van der Waals surface area contributed by atoms with E-state index in [0.717, 1.165) is 56.3 Å². The van der Waals surface area contributed by atoms with Gasteiger partial charge >= 0.3 is 0 Å². The second kappa shape index (κ2) is 8.87. The van der Waals surface area contributed by atoms with Gasteiger partial charge in [0.15, 0.2) is 0 Å². The van der Waals surface area contributed by atoms with E-state index in [9.17, 15) is 4.79 Å². The molecule has 138 valence electrons. The third-order valence-corrected chi connectivity index (χ3v) is 4.84. The van der Waals surface area contributed by atoms with Gasteiger partial charge in [-0.05, 0) is 45.0 Å². The zero-order valence-corrected chi connectivity index (χ0v) is 15.4. The molecule has 6 heteroatoms. The number of piperidine rings is 1. The standard InChI is InChI=1S/C20H26N4O2/c1-15-18(20(25)23-17-6-4-3-5-7-17)14-21-19(22-15)16-8-10-24(11-9-16)12-13-26-2/h3-7,14,16H,8-13H2,1-2H3,(H,23,25).